The highest BCUT2D eigenvalue weighted by Crippen LogP contribution is 2.17. The fourth-order valence-electron chi connectivity index (χ4n) is 1.23. The van der Waals surface area contributed by atoms with E-state index in [1.165, 1.54) is 20.3 Å². The largest absolute Gasteiger partial charge is 0.507 e. The maximum atomic E-state index is 12.7. The Morgan fingerprint density at radius 3 is 2.65 bits per heavy atom. The van der Waals surface area contributed by atoms with Crippen molar-refractivity contribution in [2.75, 3.05) is 20.8 Å². The number of nitrogens with one attached hydrogen (secondary N) is 1. The molecular formula is C11H14FNO4. The number of phenols is 1. The average molecular weight is 243 g/mol. The molecule has 0 bridgehead atoms. The van der Waals surface area contributed by atoms with E-state index < -0.39 is 23.8 Å². The molecule has 5 nitrogen and oxygen atoms in total. The van der Waals surface area contributed by atoms with Crippen LogP contribution in [0.15, 0.2) is 18.2 Å². The summed E-state index contributed by atoms with van der Waals surface area (Å²) in [5.74, 6) is -1.54. The minimum atomic E-state index is -0.606. The first-order valence-electron chi connectivity index (χ1n) is 4.90. The van der Waals surface area contributed by atoms with Crippen LogP contribution in [0.1, 0.15) is 10.4 Å². The molecule has 1 aromatic rings. The van der Waals surface area contributed by atoms with Gasteiger partial charge in [-0.1, -0.05) is 0 Å². The van der Waals surface area contributed by atoms with Crippen molar-refractivity contribution in [3.05, 3.63) is 29.6 Å². The minimum absolute atomic E-state index is 0.00245. The van der Waals surface area contributed by atoms with Crippen LogP contribution in [0.2, 0.25) is 0 Å². The average Bonchev–Trinajstić information content (AvgIpc) is 2.30. The van der Waals surface area contributed by atoms with Gasteiger partial charge in [0, 0.05) is 20.3 Å². The third kappa shape index (κ3) is 3.69. The molecule has 0 unspecified atom stereocenters. The standard InChI is InChI=1S/C11H14FNO4/c1-16-10(17-2)6-13-11(15)8-4-3-7(12)5-9(8)14/h3-5,10,14H,6H2,1-2H3,(H,13,15). The molecule has 1 aromatic carbocycles. The Hall–Kier alpha value is -1.66. The lowest BCUT2D eigenvalue weighted by molar-refractivity contribution is -0.0974. The van der Waals surface area contributed by atoms with Crippen LogP contribution in [0.25, 0.3) is 0 Å². The number of carbonyl (C=O) groups is 1. The number of benzene rings is 1. The first-order chi connectivity index (χ1) is 8.08. The first-order valence-corrected chi connectivity index (χ1v) is 4.90. The lowest BCUT2D eigenvalue weighted by Crippen LogP contribution is -2.34. The van der Waals surface area contributed by atoms with Crippen molar-refractivity contribution in [1.29, 1.82) is 0 Å². The topological polar surface area (TPSA) is 67.8 Å². The van der Waals surface area contributed by atoms with E-state index in [0.29, 0.717) is 0 Å². The highest BCUT2D eigenvalue weighted by molar-refractivity contribution is 5.96. The van der Waals surface area contributed by atoms with Crippen LogP contribution < -0.4 is 5.32 Å². The summed E-state index contributed by atoms with van der Waals surface area (Å²) in [6.07, 6.45) is -0.568. The van der Waals surface area contributed by atoms with E-state index in [9.17, 15) is 14.3 Å². The molecule has 0 aliphatic rings. The normalized spacial score (nSPS) is 10.6. The molecule has 1 rings (SSSR count). The van der Waals surface area contributed by atoms with Crippen LogP contribution >= 0.6 is 0 Å². The highest BCUT2D eigenvalue weighted by Gasteiger charge is 2.13. The van der Waals surface area contributed by atoms with Gasteiger partial charge in [-0.3, -0.25) is 4.79 Å². The van der Waals surface area contributed by atoms with E-state index in [1.54, 1.807) is 0 Å². The van der Waals surface area contributed by atoms with Crippen LogP contribution in [0.4, 0.5) is 4.39 Å². The van der Waals surface area contributed by atoms with Gasteiger partial charge < -0.3 is 19.9 Å². The summed E-state index contributed by atoms with van der Waals surface area (Å²) >= 11 is 0. The summed E-state index contributed by atoms with van der Waals surface area (Å²) < 4.78 is 22.5. The van der Waals surface area contributed by atoms with E-state index in [4.69, 9.17) is 9.47 Å². The maximum Gasteiger partial charge on any atom is 0.255 e. The second kappa shape index (κ2) is 6.17. The van der Waals surface area contributed by atoms with Gasteiger partial charge in [0.15, 0.2) is 6.29 Å². The van der Waals surface area contributed by atoms with Crippen molar-refractivity contribution in [3.63, 3.8) is 0 Å². The third-order valence-corrected chi connectivity index (χ3v) is 2.16. The molecule has 0 aromatic heterocycles. The molecule has 0 radical (unpaired) electrons. The van der Waals surface area contributed by atoms with Crippen molar-refractivity contribution in [2.24, 2.45) is 0 Å². The predicted molar refractivity (Wildman–Crippen MR) is 58.2 cm³/mol. The predicted octanol–water partition coefficient (Wildman–Crippen LogP) is 0.880. The SMILES string of the molecule is COC(CNC(=O)c1ccc(F)cc1O)OC. The molecule has 0 aliphatic heterocycles. The summed E-state index contributed by atoms with van der Waals surface area (Å²) in [7, 11) is 2.88. The summed E-state index contributed by atoms with van der Waals surface area (Å²) in [5, 5.41) is 11.9. The van der Waals surface area contributed by atoms with Gasteiger partial charge in [0.25, 0.3) is 5.91 Å². The van der Waals surface area contributed by atoms with E-state index in [1.807, 2.05) is 0 Å². The molecule has 0 aliphatic carbocycles. The van der Waals surface area contributed by atoms with Crippen LogP contribution in [-0.4, -0.2) is 38.1 Å². The van der Waals surface area contributed by atoms with Crippen molar-refractivity contribution >= 4 is 5.91 Å². The molecule has 94 valence electrons. The van der Waals surface area contributed by atoms with Gasteiger partial charge in [-0.25, -0.2) is 4.39 Å². The fraction of sp³-hybridized carbons (Fsp3) is 0.364. The maximum absolute atomic E-state index is 12.7. The van der Waals surface area contributed by atoms with Gasteiger partial charge in [-0.05, 0) is 12.1 Å². The summed E-state index contributed by atoms with van der Waals surface area (Å²) in [5.41, 5.74) is -0.00245. The molecule has 6 heteroatoms. The van der Waals surface area contributed by atoms with Gasteiger partial charge in [-0.15, -0.1) is 0 Å². The van der Waals surface area contributed by atoms with Gasteiger partial charge in [0.1, 0.15) is 11.6 Å². The zero-order valence-electron chi connectivity index (χ0n) is 9.57. The molecule has 17 heavy (non-hydrogen) atoms. The van der Waals surface area contributed by atoms with Crippen molar-refractivity contribution in [2.45, 2.75) is 6.29 Å². The first kappa shape index (κ1) is 13.4. The monoisotopic (exact) mass is 243 g/mol. The second-order valence-corrected chi connectivity index (χ2v) is 3.27. The van der Waals surface area contributed by atoms with E-state index >= 15 is 0 Å². The molecule has 0 fully saturated rings. The Labute approximate surface area is 98.2 Å². The number of ether oxygens (including phenoxy) is 2. The molecule has 2 N–H and O–H groups in total. The number of hydrogen-bond acceptors (Lipinski definition) is 4. The van der Waals surface area contributed by atoms with Crippen molar-refractivity contribution in [3.8, 4) is 5.75 Å². The Kier molecular flexibility index (Phi) is 4.86. The van der Waals surface area contributed by atoms with Gasteiger partial charge >= 0.3 is 0 Å². The molecule has 0 saturated heterocycles. The quantitative estimate of drug-likeness (QED) is 0.753. The smallest absolute Gasteiger partial charge is 0.255 e. The van der Waals surface area contributed by atoms with E-state index in [-0.39, 0.29) is 12.1 Å². The van der Waals surface area contributed by atoms with Crippen LogP contribution in [0.3, 0.4) is 0 Å². The Morgan fingerprint density at radius 1 is 1.47 bits per heavy atom. The zero-order valence-corrected chi connectivity index (χ0v) is 9.57. The highest BCUT2D eigenvalue weighted by atomic mass is 19.1. The summed E-state index contributed by atoms with van der Waals surface area (Å²) in [6, 6.07) is 3.17. The van der Waals surface area contributed by atoms with Crippen molar-refractivity contribution < 1.29 is 23.8 Å². The van der Waals surface area contributed by atoms with E-state index in [0.717, 1.165) is 12.1 Å². The second-order valence-electron chi connectivity index (χ2n) is 3.27. The number of halogens is 1. The summed E-state index contributed by atoms with van der Waals surface area (Å²) in [6.45, 7) is 0.128. The molecule has 0 spiro atoms. The number of phenolic OH excluding ortho intramolecular Hbond substituents is 1. The molecule has 0 atom stereocenters. The number of aromatic hydroxyl groups is 1. The minimum Gasteiger partial charge on any atom is -0.507 e. The van der Waals surface area contributed by atoms with Gasteiger partial charge in [-0.2, -0.15) is 0 Å². The lowest BCUT2D eigenvalue weighted by atomic mass is 10.2. The zero-order chi connectivity index (χ0) is 12.8. The number of carbonyl (C=O) groups excluding carboxylic acids is 1. The van der Waals surface area contributed by atoms with Gasteiger partial charge in [0.05, 0.1) is 12.1 Å². The van der Waals surface area contributed by atoms with Crippen molar-refractivity contribution in [1.82, 2.24) is 5.32 Å². The fourth-order valence-corrected chi connectivity index (χ4v) is 1.23. The lowest BCUT2D eigenvalue weighted by Gasteiger charge is -2.14. The number of hydrogen-bond donors (Lipinski definition) is 2. The molecular weight excluding hydrogens is 229 g/mol. The number of amides is 1. The third-order valence-electron chi connectivity index (χ3n) is 2.16. The molecule has 0 heterocycles. The van der Waals surface area contributed by atoms with Gasteiger partial charge in [0.2, 0.25) is 0 Å². The van der Waals surface area contributed by atoms with Crippen LogP contribution in [0, 0.1) is 5.82 Å². The Morgan fingerprint density at radius 2 is 2.12 bits per heavy atom. The number of rotatable bonds is 5. The summed E-state index contributed by atoms with van der Waals surface area (Å²) in [4.78, 5) is 11.6. The Balaban J connectivity index is 2.64. The van der Waals surface area contributed by atoms with E-state index in [2.05, 4.69) is 5.32 Å². The molecule has 1 amide bonds. The van der Waals surface area contributed by atoms with Crippen LogP contribution in [-0.2, 0) is 9.47 Å². The van der Waals surface area contributed by atoms with Crippen LogP contribution in [0.5, 0.6) is 5.75 Å². The number of methoxy groups -OCH3 is 2. The Bertz CT molecular complexity index is 393. The molecule has 0 saturated carbocycles.